The van der Waals surface area contributed by atoms with Gasteiger partial charge in [0.25, 0.3) is 10.0 Å². The molecule has 1 amide bonds. The molecule has 3 aromatic rings. The van der Waals surface area contributed by atoms with Gasteiger partial charge in [-0.05, 0) is 48.0 Å². The summed E-state index contributed by atoms with van der Waals surface area (Å²) in [6.07, 6.45) is 4.50. The second kappa shape index (κ2) is 8.77. The number of nitrogens with one attached hydrogen (secondary N) is 2. The lowest BCUT2D eigenvalue weighted by Crippen LogP contribution is -2.19. The molecule has 0 spiro atoms. The number of halogens is 1. The summed E-state index contributed by atoms with van der Waals surface area (Å²) in [6, 6.07) is 16.2. The van der Waals surface area contributed by atoms with Crippen molar-refractivity contribution in [1.82, 2.24) is 5.32 Å². The second-order valence-corrected chi connectivity index (χ2v) is 7.87. The van der Waals surface area contributed by atoms with Crippen LogP contribution in [0.1, 0.15) is 11.3 Å². The van der Waals surface area contributed by atoms with Crippen LogP contribution < -0.4 is 10.0 Å². The Hall–Kier alpha value is -3.03. The molecule has 0 atom stereocenters. The molecule has 0 bridgehead atoms. The minimum absolute atomic E-state index is 0.0897. The zero-order chi connectivity index (χ0) is 20.0. The first-order valence-corrected chi connectivity index (χ1v) is 10.2. The summed E-state index contributed by atoms with van der Waals surface area (Å²) >= 11 is 5.99. The minimum atomic E-state index is -3.77. The first kappa shape index (κ1) is 19.7. The Labute approximate surface area is 167 Å². The third-order valence-corrected chi connectivity index (χ3v) is 5.46. The van der Waals surface area contributed by atoms with Gasteiger partial charge in [0.15, 0.2) is 0 Å². The van der Waals surface area contributed by atoms with E-state index in [-0.39, 0.29) is 10.8 Å². The predicted molar refractivity (Wildman–Crippen MR) is 108 cm³/mol. The van der Waals surface area contributed by atoms with Crippen LogP contribution in [0.25, 0.3) is 6.08 Å². The quantitative estimate of drug-likeness (QED) is 0.568. The van der Waals surface area contributed by atoms with E-state index in [4.69, 9.17) is 16.0 Å². The van der Waals surface area contributed by atoms with Crippen LogP contribution in [0.15, 0.2) is 82.3 Å². The van der Waals surface area contributed by atoms with Gasteiger partial charge in [-0.3, -0.25) is 9.52 Å². The number of anilines is 1. The van der Waals surface area contributed by atoms with E-state index in [0.717, 1.165) is 0 Å². The average Bonchev–Trinajstić information content (AvgIpc) is 3.20. The van der Waals surface area contributed by atoms with Gasteiger partial charge in [0, 0.05) is 6.08 Å². The first-order chi connectivity index (χ1) is 13.4. The molecule has 1 aromatic heterocycles. The summed E-state index contributed by atoms with van der Waals surface area (Å²) < 4.78 is 32.5. The fraction of sp³-hybridized carbons (Fsp3) is 0.0500. The van der Waals surface area contributed by atoms with Crippen LogP contribution in [0.2, 0.25) is 5.02 Å². The number of amides is 1. The van der Waals surface area contributed by atoms with E-state index >= 15 is 0 Å². The van der Waals surface area contributed by atoms with Crippen molar-refractivity contribution in [2.24, 2.45) is 0 Å². The van der Waals surface area contributed by atoms with E-state index < -0.39 is 10.0 Å². The van der Waals surface area contributed by atoms with E-state index in [1.165, 1.54) is 24.5 Å². The number of para-hydroxylation sites is 1. The fourth-order valence-electron chi connectivity index (χ4n) is 2.32. The number of rotatable bonds is 7. The first-order valence-electron chi connectivity index (χ1n) is 8.30. The standard InChI is InChI=1S/C20H17ClN2O4S/c21-18-5-1-2-6-19(18)23-28(25,26)17-10-7-15(8-11-17)9-12-20(24)22-14-16-4-3-13-27-16/h1-13,23H,14H2,(H,22,24)/b12-9+. The van der Waals surface area contributed by atoms with Crippen molar-refractivity contribution < 1.29 is 17.6 Å². The van der Waals surface area contributed by atoms with Gasteiger partial charge >= 0.3 is 0 Å². The molecule has 0 aliphatic rings. The SMILES string of the molecule is O=C(/C=C/c1ccc(S(=O)(=O)Nc2ccccc2Cl)cc1)NCc1ccco1. The van der Waals surface area contributed by atoms with Crippen molar-refractivity contribution in [1.29, 1.82) is 0 Å². The smallest absolute Gasteiger partial charge is 0.261 e. The van der Waals surface area contributed by atoms with Gasteiger partial charge in [-0.2, -0.15) is 0 Å². The Morgan fingerprint density at radius 3 is 2.46 bits per heavy atom. The van der Waals surface area contributed by atoms with Crippen LogP contribution >= 0.6 is 11.6 Å². The highest BCUT2D eigenvalue weighted by atomic mass is 35.5. The Morgan fingerprint density at radius 1 is 1.04 bits per heavy atom. The van der Waals surface area contributed by atoms with E-state index in [9.17, 15) is 13.2 Å². The largest absolute Gasteiger partial charge is 0.467 e. The van der Waals surface area contributed by atoms with Crippen molar-refractivity contribution in [2.45, 2.75) is 11.4 Å². The monoisotopic (exact) mass is 416 g/mol. The molecule has 8 heteroatoms. The van der Waals surface area contributed by atoms with E-state index in [2.05, 4.69) is 10.0 Å². The van der Waals surface area contributed by atoms with Gasteiger partial charge in [-0.25, -0.2) is 8.42 Å². The second-order valence-electron chi connectivity index (χ2n) is 5.78. The highest BCUT2D eigenvalue weighted by molar-refractivity contribution is 7.92. The Bertz CT molecular complexity index is 1080. The number of hydrogen-bond acceptors (Lipinski definition) is 4. The van der Waals surface area contributed by atoms with Gasteiger partial charge in [0.1, 0.15) is 5.76 Å². The van der Waals surface area contributed by atoms with Gasteiger partial charge in [0.05, 0.1) is 28.4 Å². The maximum Gasteiger partial charge on any atom is 0.261 e. The maximum atomic E-state index is 12.5. The molecular weight excluding hydrogens is 400 g/mol. The van der Waals surface area contributed by atoms with Crippen molar-refractivity contribution in [3.05, 3.63) is 89.3 Å². The zero-order valence-electron chi connectivity index (χ0n) is 14.6. The van der Waals surface area contributed by atoms with E-state index in [1.54, 1.807) is 54.6 Å². The normalized spacial score (nSPS) is 11.5. The van der Waals surface area contributed by atoms with Crippen molar-refractivity contribution in [3.8, 4) is 0 Å². The van der Waals surface area contributed by atoms with Crippen molar-refractivity contribution >= 4 is 39.3 Å². The van der Waals surface area contributed by atoms with Crippen LogP contribution in [-0.2, 0) is 21.4 Å². The molecule has 0 aliphatic heterocycles. The summed E-state index contributed by atoms with van der Waals surface area (Å²) in [5.74, 6) is 0.371. The lowest BCUT2D eigenvalue weighted by atomic mass is 10.2. The molecule has 2 N–H and O–H groups in total. The molecular formula is C20H17ClN2O4S. The number of sulfonamides is 1. The minimum Gasteiger partial charge on any atom is -0.467 e. The molecule has 0 fully saturated rings. The molecule has 1 heterocycles. The Morgan fingerprint density at radius 2 is 1.79 bits per heavy atom. The number of benzene rings is 2. The van der Waals surface area contributed by atoms with Gasteiger partial charge < -0.3 is 9.73 Å². The highest BCUT2D eigenvalue weighted by Crippen LogP contribution is 2.24. The molecule has 6 nitrogen and oxygen atoms in total. The molecule has 144 valence electrons. The third-order valence-electron chi connectivity index (χ3n) is 3.75. The number of hydrogen-bond donors (Lipinski definition) is 2. The molecule has 0 unspecified atom stereocenters. The topological polar surface area (TPSA) is 88.4 Å². The molecule has 0 saturated heterocycles. The van der Waals surface area contributed by atoms with Gasteiger partial charge in [-0.1, -0.05) is 35.9 Å². The zero-order valence-corrected chi connectivity index (χ0v) is 16.2. The maximum absolute atomic E-state index is 12.5. The van der Waals surface area contributed by atoms with E-state index in [0.29, 0.717) is 28.6 Å². The predicted octanol–water partition coefficient (Wildman–Crippen LogP) is 4.06. The fourth-order valence-corrected chi connectivity index (χ4v) is 3.64. The molecule has 0 aliphatic carbocycles. The molecule has 3 rings (SSSR count). The van der Waals surface area contributed by atoms with Crippen LogP contribution in [0.4, 0.5) is 5.69 Å². The van der Waals surface area contributed by atoms with Crippen molar-refractivity contribution in [2.75, 3.05) is 4.72 Å². The summed E-state index contributed by atoms with van der Waals surface area (Å²) in [4.78, 5) is 11.9. The van der Waals surface area contributed by atoms with E-state index in [1.807, 2.05) is 0 Å². The average molecular weight is 417 g/mol. The van der Waals surface area contributed by atoms with Crippen LogP contribution in [0.5, 0.6) is 0 Å². The number of carbonyl (C=O) groups excluding carboxylic acids is 1. The number of furan rings is 1. The highest BCUT2D eigenvalue weighted by Gasteiger charge is 2.15. The van der Waals surface area contributed by atoms with Crippen LogP contribution in [0.3, 0.4) is 0 Å². The van der Waals surface area contributed by atoms with Gasteiger partial charge in [0.2, 0.25) is 5.91 Å². The summed E-state index contributed by atoms with van der Waals surface area (Å²) in [7, 11) is -3.77. The Kier molecular flexibility index (Phi) is 6.18. The molecule has 0 radical (unpaired) electrons. The molecule has 28 heavy (non-hydrogen) atoms. The van der Waals surface area contributed by atoms with Gasteiger partial charge in [-0.15, -0.1) is 0 Å². The summed E-state index contributed by atoms with van der Waals surface area (Å²) in [6.45, 7) is 0.293. The lowest BCUT2D eigenvalue weighted by Gasteiger charge is -2.09. The summed E-state index contributed by atoms with van der Waals surface area (Å²) in [5, 5.41) is 3.00. The molecule has 2 aromatic carbocycles. The van der Waals surface area contributed by atoms with Crippen molar-refractivity contribution in [3.63, 3.8) is 0 Å². The third kappa shape index (κ3) is 5.25. The van der Waals surface area contributed by atoms with Crippen LogP contribution in [-0.4, -0.2) is 14.3 Å². The molecule has 0 saturated carbocycles. The Balaban J connectivity index is 1.62. The van der Waals surface area contributed by atoms with Crippen LogP contribution in [0, 0.1) is 0 Å². The lowest BCUT2D eigenvalue weighted by molar-refractivity contribution is -0.116. The number of carbonyl (C=O) groups is 1. The summed E-state index contributed by atoms with van der Waals surface area (Å²) in [5.41, 5.74) is 0.992.